The van der Waals surface area contributed by atoms with E-state index in [0.29, 0.717) is 23.5 Å². The maximum absolute atomic E-state index is 12.5. The van der Waals surface area contributed by atoms with Gasteiger partial charge in [-0.15, -0.1) is 5.10 Å². The first kappa shape index (κ1) is 17.4. The zero-order chi connectivity index (χ0) is 19.8. The number of hydrogen-bond acceptors (Lipinski definition) is 8. The zero-order valence-electron chi connectivity index (χ0n) is 15.0. The van der Waals surface area contributed by atoms with Crippen LogP contribution in [0.4, 0.5) is 11.7 Å². The van der Waals surface area contributed by atoms with Gasteiger partial charge >= 0.3 is 6.01 Å². The van der Waals surface area contributed by atoms with Gasteiger partial charge in [0.1, 0.15) is 11.0 Å². The van der Waals surface area contributed by atoms with Crippen molar-refractivity contribution < 1.29 is 14.0 Å². The molecular formula is C19H14N6O3S. The highest BCUT2D eigenvalue weighted by molar-refractivity contribution is 7.00. The van der Waals surface area contributed by atoms with Gasteiger partial charge in [-0.2, -0.15) is 8.75 Å². The summed E-state index contributed by atoms with van der Waals surface area (Å²) in [5, 5.41) is 10.5. The molecule has 1 aliphatic heterocycles. The monoisotopic (exact) mass is 406 g/mol. The van der Waals surface area contributed by atoms with Crippen molar-refractivity contribution in [2.75, 3.05) is 16.8 Å². The molecule has 9 nitrogen and oxygen atoms in total. The molecule has 29 heavy (non-hydrogen) atoms. The molecule has 144 valence electrons. The molecule has 0 spiro atoms. The van der Waals surface area contributed by atoms with Crippen molar-refractivity contribution in [3.05, 3.63) is 60.0 Å². The number of rotatable bonds is 4. The molecular weight excluding hydrogens is 392 g/mol. The summed E-state index contributed by atoms with van der Waals surface area (Å²) in [6.07, 6.45) is 0.276. The predicted octanol–water partition coefficient (Wildman–Crippen LogP) is 2.85. The van der Waals surface area contributed by atoms with Crippen LogP contribution in [0, 0.1) is 0 Å². The zero-order valence-corrected chi connectivity index (χ0v) is 15.8. The second-order valence-corrected chi connectivity index (χ2v) is 7.14. The summed E-state index contributed by atoms with van der Waals surface area (Å²) in [4.78, 5) is 26.5. The number of carbonyl (C=O) groups is 2. The van der Waals surface area contributed by atoms with E-state index in [2.05, 4.69) is 24.3 Å². The first-order valence-electron chi connectivity index (χ1n) is 8.90. The van der Waals surface area contributed by atoms with Crippen molar-refractivity contribution >= 4 is 46.3 Å². The van der Waals surface area contributed by atoms with E-state index in [-0.39, 0.29) is 30.2 Å². The summed E-state index contributed by atoms with van der Waals surface area (Å²) in [7, 11) is 0. The molecule has 0 saturated carbocycles. The second-order valence-electron chi connectivity index (χ2n) is 6.61. The van der Waals surface area contributed by atoms with Gasteiger partial charge < -0.3 is 9.32 Å². The minimum absolute atomic E-state index is 0.00448. The van der Waals surface area contributed by atoms with Crippen molar-refractivity contribution in [3.8, 4) is 0 Å². The van der Waals surface area contributed by atoms with Crippen LogP contribution in [0.2, 0.25) is 0 Å². The summed E-state index contributed by atoms with van der Waals surface area (Å²) in [5.41, 5.74) is 2.64. The SMILES string of the molecule is O=C(Nc1nnc([C@H]2CC(=O)N(c3ccccc3)C2)o1)c1ccc2nsnc2c1. The largest absolute Gasteiger partial charge is 0.407 e. The molecule has 1 fully saturated rings. The van der Waals surface area contributed by atoms with E-state index in [0.717, 1.165) is 22.9 Å². The molecule has 2 aromatic heterocycles. The molecule has 0 unspecified atom stereocenters. The lowest BCUT2D eigenvalue weighted by Gasteiger charge is -2.15. The number of aromatic nitrogens is 4. The predicted molar refractivity (Wildman–Crippen MR) is 106 cm³/mol. The van der Waals surface area contributed by atoms with E-state index >= 15 is 0 Å². The Morgan fingerprint density at radius 2 is 1.93 bits per heavy atom. The van der Waals surface area contributed by atoms with Gasteiger partial charge in [0.2, 0.25) is 11.8 Å². The molecule has 0 bridgehead atoms. The van der Waals surface area contributed by atoms with Crippen LogP contribution in [0.5, 0.6) is 0 Å². The molecule has 1 aliphatic rings. The van der Waals surface area contributed by atoms with Crippen LogP contribution in [0.3, 0.4) is 0 Å². The van der Waals surface area contributed by atoms with Gasteiger partial charge in [-0.3, -0.25) is 14.9 Å². The van der Waals surface area contributed by atoms with Crippen molar-refractivity contribution in [1.29, 1.82) is 0 Å². The fourth-order valence-electron chi connectivity index (χ4n) is 3.27. The van der Waals surface area contributed by atoms with Gasteiger partial charge in [-0.05, 0) is 30.3 Å². The fraction of sp³-hybridized carbons (Fsp3) is 0.158. The molecule has 2 aromatic carbocycles. The lowest BCUT2D eigenvalue weighted by Crippen LogP contribution is -2.24. The molecule has 4 aromatic rings. The molecule has 2 amide bonds. The molecule has 0 radical (unpaired) electrons. The summed E-state index contributed by atoms with van der Waals surface area (Å²) in [5.74, 6) is -0.289. The van der Waals surface area contributed by atoms with E-state index in [1.165, 1.54) is 0 Å². The highest BCUT2D eigenvalue weighted by Crippen LogP contribution is 2.31. The summed E-state index contributed by atoms with van der Waals surface area (Å²) >= 11 is 1.09. The van der Waals surface area contributed by atoms with E-state index in [1.54, 1.807) is 23.1 Å². The maximum atomic E-state index is 12.5. The number of nitrogens with one attached hydrogen (secondary N) is 1. The number of para-hydroxylation sites is 1. The Morgan fingerprint density at radius 1 is 1.10 bits per heavy atom. The number of carbonyl (C=O) groups excluding carboxylic acids is 2. The van der Waals surface area contributed by atoms with Gasteiger partial charge in [-0.1, -0.05) is 23.3 Å². The summed E-state index contributed by atoms with van der Waals surface area (Å²) < 4.78 is 13.8. The number of nitrogens with zero attached hydrogens (tertiary/aromatic N) is 5. The Kier molecular flexibility index (Phi) is 4.24. The highest BCUT2D eigenvalue weighted by atomic mass is 32.1. The first-order valence-corrected chi connectivity index (χ1v) is 9.63. The Bertz CT molecular complexity index is 1200. The van der Waals surface area contributed by atoms with Crippen LogP contribution < -0.4 is 10.2 Å². The number of benzene rings is 2. The van der Waals surface area contributed by atoms with E-state index in [4.69, 9.17) is 4.42 Å². The van der Waals surface area contributed by atoms with Crippen LogP contribution in [0.1, 0.15) is 28.6 Å². The lowest BCUT2D eigenvalue weighted by molar-refractivity contribution is -0.117. The lowest BCUT2D eigenvalue weighted by atomic mass is 10.1. The van der Waals surface area contributed by atoms with Gasteiger partial charge in [0.15, 0.2) is 0 Å². The number of fused-ring (bicyclic) bond motifs is 1. The van der Waals surface area contributed by atoms with E-state index in [1.807, 2.05) is 30.3 Å². The van der Waals surface area contributed by atoms with Gasteiger partial charge in [0.25, 0.3) is 5.91 Å². The quantitative estimate of drug-likeness (QED) is 0.554. The second kappa shape index (κ2) is 7.06. The van der Waals surface area contributed by atoms with Crippen molar-refractivity contribution in [2.45, 2.75) is 12.3 Å². The van der Waals surface area contributed by atoms with Crippen molar-refractivity contribution in [3.63, 3.8) is 0 Å². The van der Waals surface area contributed by atoms with Gasteiger partial charge in [0.05, 0.1) is 17.6 Å². The Labute approximate surface area is 168 Å². The van der Waals surface area contributed by atoms with Gasteiger partial charge in [0, 0.05) is 24.2 Å². The number of amides is 2. The Hall–Kier alpha value is -3.66. The minimum atomic E-state index is -0.386. The number of anilines is 2. The Balaban J connectivity index is 1.29. The van der Waals surface area contributed by atoms with Crippen LogP contribution in [0.25, 0.3) is 11.0 Å². The van der Waals surface area contributed by atoms with E-state index in [9.17, 15) is 9.59 Å². The third kappa shape index (κ3) is 3.34. The van der Waals surface area contributed by atoms with Crippen LogP contribution in [0.15, 0.2) is 52.9 Å². The first-order chi connectivity index (χ1) is 14.2. The van der Waals surface area contributed by atoms with Gasteiger partial charge in [-0.25, -0.2) is 0 Å². The Morgan fingerprint density at radius 3 is 2.79 bits per heavy atom. The van der Waals surface area contributed by atoms with Crippen molar-refractivity contribution in [2.24, 2.45) is 0 Å². The normalized spacial score (nSPS) is 16.5. The summed E-state index contributed by atoms with van der Waals surface area (Å²) in [6.45, 7) is 0.450. The highest BCUT2D eigenvalue weighted by Gasteiger charge is 2.35. The third-order valence-electron chi connectivity index (χ3n) is 4.72. The van der Waals surface area contributed by atoms with E-state index < -0.39 is 0 Å². The standard InChI is InChI=1S/C19H14N6O3S/c26-16-9-12(10-25(16)13-4-2-1-3-5-13)18-21-22-19(28-18)20-17(27)11-6-7-14-15(8-11)24-29-23-14/h1-8,12H,9-10H2,(H,20,22,27)/t12-/m0/s1. The molecule has 1 N–H and O–H groups in total. The molecule has 5 rings (SSSR count). The molecule has 1 atom stereocenters. The minimum Gasteiger partial charge on any atom is -0.407 e. The number of hydrogen-bond donors (Lipinski definition) is 1. The van der Waals surface area contributed by atoms with Crippen LogP contribution >= 0.6 is 11.7 Å². The molecule has 10 heteroatoms. The summed E-state index contributed by atoms with van der Waals surface area (Å²) in [6, 6.07) is 14.5. The topological polar surface area (TPSA) is 114 Å². The maximum Gasteiger partial charge on any atom is 0.322 e. The van der Waals surface area contributed by atoms with Crippen molar-refractivity contribution in [1.82, 2.24) is 18.9 Å². The van der Waals surface area contributed by atoms with Crippen LogP contribution in [-0.4, -0.2) is 37.3 Å². The average molecular weight is 406 g/mol. The molecule has 1 saturated heterocycles. The third-order valence-corrected chi connectivity index (χ3v) is 5.28. The fourth-order valence-corrected chi connectivity index (χ4v) is 3.79. The molecule has 0 aliphatic carbocycles. The van der Waals surface area contributed by atoms with Crippen LogP contribution in [-0.2, 0) is 4.79 Å². The average Bonchev–Trinajstić information content (AvgIpc) is 3.47. The smallest absolute Gasteiger partial charge is 0.322 e. The molecule has 3 heterocycles.